The van der Waals surface area contributed by atoms with Gasteiger partial charge in [-0.2, -0.15) is 0 Å². The van der Waals surface area contributed by atoms with E-state index in [2.05, 4.69) is 10.3 Å². The van der Waals surface area contributed by atoms with E-state index < -0.39 is 34.6 Å². The van der Waals surface area contributed by atoms with E-state index in [-0.39, 0.29) is 10.6 Å². The molecular formula is C19H25N3O6S. The lowest BCUT2D eigenvalue weighted by Gasteiger charge is -2.12. The number of rotatable bonds is 7. The molecular weight excluding hydrogens is 398 g/mol. The van der Waals surface area contributed by atoms with Crippen molar-refractivity contribution in [2.24, 2.45) is 0 Å². The number of aliphatic hydroxyl groups is 1. The fourth-order valence-corrected chi connectivity index (χ4v) is 3.82. The van der Waals surface area contributed by atoms with Crippen LogP contribution in [-0.4, -0.2) is 55.4 Å². The van der Waals surface area contributed by atoms with E-state index >= 15 is 0 Å². The zero-order valence-corrected chi connectivity index (χ0v) is 17.8. The average molecular weight is 423 g/mol. The first-order valence-corrected chi connectivity index (χ1v) is 10.3. The van der Waals surface area contributed by atoms with Gasteiger partial charge < -0.3 is 20.1 Å². The predicted molar refractivity (Wildman–Crippen MR) is 107 cm³/mol. The van der Waals surface area contributed by atoms with Gasteiger partial charge in [0.1, 0.15) is 5.69 Å². The molecule has 0 spiro atoms. The molecule has 158 valence electrons. The second kappa shape index (κ2) is 8.76. The molecule has 0 aliphatic carbocycles. The molecule has 0 aliphatic rings. The molecule has 0 saturated heterocycles. The number of aromatic amines is 1. The third-order valence-corrected chi connectivity index (χ3v) is 6.20. The van der Waals surface area contributed by atoms with Gasteiger partial charge in [0.05, 0.1) is 11.0 Å². The van der Waals surface area contributed by atoms with Crippen LogP contribution in [0.5, 0.6) is 0 Å². The highest BCUT2D eigenvalue weighted by atomic mass is 32.2. The Kier molecular flexibility index (Phi) is 6.83. The fourth-order valence-electron chi connectivity index (χ4n) is 2.92. The maximum atomic E-state index is 12.2. The van der Waals surface area contributed by atoms with Crippen LogP contribution in [0.3, 0.4) is 0 Å². The first-order chi connectivity index (χ1) is 13.4. The van der Waals surface area contributed by atoms with Gasteiger partial charge in [0, 0.05) is 31.0 Å². The van der Waals surface area contributed by atoms with Crippen molar-refractivity contribution in [3.05, 3.63) is 46.8 Å². The Morgan fingerprint density at radius 3 is 2.28 bits per heavy atom. The van der Waals surface area contributed by atoms with Crippen LogP contribution in [0.2, 0.25) is 0 Å². The molecule has 1 amide bonds. The topological polar surface area (TPSA) is 129 Å². The van der Waals surface area contributed by atoms with Crippen LogP contribution in [0.1, 0.15) is 40.3 Å². The Labute approximate surface area is 169 Å². The van der Waals surface area contributed by atoms with Gasteiger partial charge in [-0.3, -0.25) is 4.79 Å². The molecule has 0 saturated carbocycles. The van der Waals surface area contributed by atoms with Gasteiger partial charge in [-0.1, -0.05) is 0 Å². The minimum absolute atomic E-state index is 0.0958. The van der Waals surface area contributed by atoms with Crippen molar-refractivity contribution in [2.45, 2.75) is 31.8 Å². The number of aryl methyl sites for hydroxylation is 1. The molecule has 1 atom stereocenters. The Morgan fingerprint density at radius 1 is 1.21 bits per heavy atom. The largest absolute Gasteiger partial charge is 0.451 e. The maximum absolute atomic E-state index is 12.2. The van der Waals surface area contributed by atoms with Gasteiger partial charge in [-0.15, -0.1) is 0 Å². The summed E-state index contributed by atoms with van der Waals surface area (Å²) in [5.74, 6) is -1.28. The molecule has 0 radical (unpaired) electrons. The number of esters is 1. The van der Waals surface area contributed by atoms with Gasteiger partial charge in [-0.05, 0) is 50.6 Å². The molecule has 0 bridgehead atoms. The SMILES string of the molecule is Cc1[nH]c(C(=O)OCC(=O)Nc2ccc(S(=O)(=O)N(C)C)cc2)c(C)c1[C@@H](C)O. The van der Waals surface area contributed by atoms with Crippen LogP contribution in [-0.2, 0) is 19.6 Å². The number of nitrogens with one attached hydrogen (secondary N) is 2. The summed E-state index contributed by atoms with van der Waals surface area (Å²) in [5, 5.41) is 12.3. The maximum Gasteiger partial charge on any atom is 0.355 e. The summed E-state index contributed by atoms with van der Waals surface area (Å²) in [6.45, 7) is 4.50. The number of amides is 1. The predicted octanol–water partition coefficient (Wildman–Crippen LogP) is 1.73. The number of hydrogen-bond acceptors (Lipinski definition) is 6. The highest BCUT2D eigenvalue weighted by Gasteiger charge is 2.22. The van der Waals surface area contributed by atoms with E-state index in [0.29, 0.717) is 22.5 Å². The zero-order chi connectivity index (χ0) is 21.9. The van der Waals surface area contributed by atoms with Gasteiger partial charge in [0.25, 0.3) is 5.91 Å². The molecule has 2 aromatic rings. The Hall–Kier alpha value is -2.69. The average Bonchev–Trinajstić information content (AvgIpc) is 2.94. The summed E-state index contributed by atoms with van der Waals surface area (Å²) in [5.41, 5.74) is 2.40. The Bertz CT molecular complexity index is 1010. The number of hydrogen-bond donors (Lipinski definition) is 3. The van der Waals surface area contributed by atoms with Crippen molar-refractivity contribution < 1.29 is 27.9 Å². The second-order valence-corrected chi connectivity index (χ2v) is 8.93. The van der Waals surface area contributed by atoms with Crippen LogP contribution in [0.15, 0.2) is 29.2 Å². The van der Waals surface area contributed by atoms with Crippen molar-refractivity contribution in [1.82, 2.24) is 9.29 Å². The second-order valence-electron chi connectivity index (χ2n) is 6.78. The van der Waals surface area contributed by atoms with E-state index in [4.69, 9.17) is 4.74 Å². The van der Waals surface area contributed by atoms with Gasteiger partial charge in [0.15, 0.2) is 6.61 Å². The number of anilines is 1. The summed E-state index contributed by atoms with van der Waals surface area (Å²) < 4.78 is 30.2. The summed E-state index contributed by atoms with van der Waals surface area (Å²) >= 11 is 0. The van der Waals surface area contributed by atoms with E-state index in [1.807, 2.05) is 0 Å². The standard InChI is InChI=1S/C19H25N3O6S/c1-11-17(13(3)23)12(2)20-18(11)19(25)28-10-16(24)21-14-6-8-15(9-7-14)29(26,27)22(4)5/h6-9,13,20,23H,10H2,1-5H3,(H,21,24)/t13-/m1/s1. The summed E-state index contributed by atoms with van der Waals surface area (Å²) in [4.78, 5) is 27.2. The lowest BCUT2D eigenvalue weighted by atomic mass is 10.1. The number of ether oxygens (including phenoxy) is 1. The van der Waals surface area contributed by atoms with Crippen molar-refractivity contribution in [3.8, 4) is 0 Å². The van der Waals surface area contributed by atoms with Crippen LogP contribution in [0, 0.1) is 13.8 Å². The molecule has 9 nitrogen and oxygen atoms in total. The summed E-state index contributed by atoms with van der Waals surface area (Å²) in [6, 6.07) is 5.65. The molecule has 0 aliphatic heterocycles. The number of aromatic nitrogens is 1. The number of carbonyl (C=O) groups is 2. The summed E-state index contributed by atoms with van der Waals surface area (Å²) in [6.07, 6.45) is -0.740. The Balaban J connectivity index is 1.98. The molecule has 3 N–H and O–H groups in total. The smallest absolute Gasteiger partial charge is 0.355 e. The third-order valence-electron chi connectivity index (χ3n) is 4.37. The minimum atomic E-state index is -3.56. The highest BCUT2D eigenvalue weighted by Crippen LogP contribution is 2.24. The number of nitrogens with zero attached hydrogens (tertiary/aromatic N) is 1. The fraction of sp³-hybridized carbons (Fsp3) is 0.368. The van der Waals surface area contributed by atoms with E-state index in [0.717, 1.165) is 4.31 Å². The van der Waals surface area contributed by atoms with E-state index in [9.17, 15) is 23.1 Å². The molecule has 29 heavy (non-hydrogen) atoms. The monoisotopic (exact) mass is 423 g/mol. The number of H-pyrrole nitrogens is 1. The Morgan fingerprint density at radius 2 is 1.79 bits per heavy atom. The molecule has 1 aromatic carbocycles. The quantitative estimate of drug-likeness (QED) is 0.582. The van der Waals surface area contributed by atoms with Crippen LogP contribution in [0.4, 0.5) is 5.69 Å². The molecule has 2 rings (SSSR count). The third kappa shape index (κ3) is 5.03. The van der Waals surface area contributed by atoms with E-state index in [1.54, 1.807) is 20.8 Å². The number of sulfonamides is 1. The van der Waals surface area contributed by atoms with Crippen molar-refractivity contribution in [2.75, 3.05) is 26.0 Å². The zero-order valence-electron chi connectivity index (χ0n) is 16.9. The molecule has 10 heteroatoms. The van der Waals surface area contributed by atoms with Gasteiger partial charge in [0.2, 0.25) is 10.0 Å². The highest BCUT2D eigenvalue weighted by molar-refractivity contribution is 7.89. The lowest BCUT2D eigenvalue weighted by Crippen LogP contribution is -2.23. The number of carbonyl (C=O) groups excluding carboxylic acids is 2. The van der Waals surface area contributed by atoms with E-state index in [1.165, 1.54) is 38.4 Å². The van der Waals surface area contributed by atoms with Crippen LogP contribution < -0.4 is 5.32 Å². The lowest BCUT2D eigenvalue weighted by molar-refractivity contribution is -0.119. The first-order valence-electron chi connectivity index (χ1n) is 8.81. The van der Waals surface area contributed by atoms with Crippen molar-refractivity contribution >= 4 is 27.6 Å². The number of aliphatic hydroxyl groups excluding tert-OH is 1. The number of benzene rings is 1. The first kappa shape index (κ1) is 22.6. The van der Waals surface area contributed by atoms with Crippen LogP contribution in [0.25, 0.3) is 0 Å². The normalized spacial score (nSPS) is 12.7. The van der Waals surface area contributed by atoms with Crippen molar-refractivity contribution in [1.29, 1.82) is 0 Å². The summed E-state index contributed by atoms with van der Waals surface area (Å²) in [7, 11) is -0.701. The van der Waals surface area contributed by atoms with Gasteiger partial charge >= 0.3 is 5.97 Å². The van der Waals surface area contributed by atoms with Crippen molar-refractivity contribution in [3.63, 3.8) is 0 Å². The minimum Gasteiger partial charge on any atom is -0.451 e. The molecule has 0 unspecified atom stereocenters. The van der Waals surface area contributed by atoms with Crippen LogP contribution >= 0.6 is 0 Å². The molecule has 1 heterocycles. The van der Waals surface area contributed by atoms with Gasteiger partial charge in [-0.25, -0.2) is 17.5 Å². The molecule has 0 fully saturated rings. The molecule has 1 aromatic heterocycles.